The highest BCUT2D eigenvalue weighted by atomic mass is 32.1. The lowest BCUT2D eigenvalue weighted by Gasteiger charge is -2.26. The van der Waals surface area contributed by atoms with Gasteiger partial charge in [-0.25, -0.2) is 0 Å². The third-order valence-electron chi connectivity index (χ3n) is 4.25. The van der Waals surface area contributed by atoms with Crippen molar-refractivity contribution >= 4 is 23.3 Å². The summed E-state index contributed by atoms with van der Waals surface area (Å²) in [6.07, 6.45) is 3.45. The molecule has 2 aliphatic heterocycles. The lowest BCUT2D eigenvalue weighted by molar-refractivity contribution is -0.128. The summed E-state index contributed by atoms with van der Waals surface area (Å²) in [7, 11) is 0. The fourth-order valence-electron chi connectivity index (χ4n) is 2.91. The molecule has 1 fully saturated rings. The van der Waals surface area contributed by atoms with Crippen molar-refractivity contribution in [1.82, 2.24) is 15.8 Å². The average molecular weight is 357 g/mol. The molecule has 1 aromatic heterocycles. The average Bonchev–Trinajstić information content (AvgIpc) is 3.39. The number of hydrogen-bond donors (Lipinski definition) is 2. The smallest absolute Gasteiger partial charge is 0.247 e. The van der Waals surface area contributed by atoms with Crippen LogP contribution in [0.5, 0.6) is 11.5 Å². The maximum absolute atomic E-state index is 12.8. The highest BCUT2D eigenvalue weighted by Gasteiger charge is 2.25. The van der Waals surface area contributed by atoms with E-state index in [4.69, 9.17) is 9.47 Å². The molecule has 0 radical (unpaired) electrons. The van der Waals surface area contributed by atoms with Gasteiger partial charge < -0.3 is 14.4 Å². The number of hydrogen-bond acceptors (Lipinski definition) is 6. The molecule has 0 bridgehead atoms. The van der Waals surface area contributed by atoms with Gasteiger partial charge in [0.1, 0.15) is 0 Å². The Morgan fingerprint density at radius 1 is 1.24 bits per heavy atom. The van der Waals surface area contributed by atoms with Crippen LogP contribution < -0.4 is 20.3 Å². The number of ether oxygens (including phenoxy) is 2. The molecule has 3 heterocycles. The van der Waals surface area contributed by atoms with E-state index in [-0.39, 0.29) is 18.7 Å². The largest absolute Gasteiger partial charge is 0.454 e. The highest BCUT2D eigenvalue weighted by Crippen LogP contribution is 2.32. The molecule has 25 heavy (non-hydrogen) atoms. The first-order chi connectivity index (χ1) is 12.3. The van der Waals surface area contributed by atoms with Crippen molar-refractivity contribution in [2.45, 2.75) is 12.6 Å². The van der Waals surface area contributed by atoms with Gasteiger partial charge in [0.2, 0.25) is 12.7 Å². The topological polar surface area (TPSA) is 62.8 Å². The summed E-state index contributed by atoms with van der Waals surface area (Å²) < 4.78 is 10.7. The first-order valence-electron chi connectivity index (χ1n) is 8.16. The number of carbonyl (C=O) groups is 1. The number of fused-ring (bicyclic) bond motifs is 1. The summed E-state index contributed by atoms with van der Waals surface area (Å²) in [5, 5.41) is 2.03. The molecule has 6 nitrogen and oxygen atoms in total. The zero-order valence-corrected chi connectivity index (χ0v) is 14.4. The summed E-state index contributed by atoms with van der Waals surface area (Å²) in [5.41, 5.74) is 7.10. The van der Waals surface area contributed by atoms with Gasteiger partial charge in [0.05, 0.1) is 12.6 Å². The number of amides is 1. The molecule has 0 aliphatic carbocycles. The monoisotopic (exact) mass is 357 g/mol. The SMILES string of the molecule is O=C(/C=C/c1ccc2c(c1)OCO2)N(Cc1cccs1)C1CNNC1. The summed E-state index contributed by atoms with van der Waals surface area (Å²) in [5.74, 6) is 1.46. The minimum absolute atomic E-state index is 0.00145. The Kier molecular flexibility index (Phi) is 4.69. The lowest BCUT2D eigenvalue weighted by atomic mass is 10.1. The molecule has 2 aliphatic rings. The Balaban J connectivity index is 1.49. The van der Waals surface area contributed by atoms with Crippen LogP contribution in [0, 0.1) is 0 Å². The molecule has 0 spiro atoms. The molecule has 1 aromatic carbocycles. The minimum atomic E-state index is 0.00145. The van der Waals surface area contributed by atoms with Gasteiger partial charge in [0.25, 0.3) is 0 Å². The zero-order chi connectivity index (χ0) is 17.1. The first-order valence-corrected chi connectivity index (χ1v) is 9.04. The predicted molar refractivity (Wildman–Crippen MR) is 96.3 cm³/mol. The number of nitrogens with zero attached hydrogens (tertiary/aromatic N) is 1. The minimum Gasteiger partial charge on any atom is -0.454 e. The van der Waals surface area contributed by atoms with Crippen molar-refractivity contribution in [2.75, 3.05) is 19.9 Å². The maximum Gasteiger partial charge on any atom is 0.247 e. The Labute approximate surface area is 150 Å². The van der Waals surface area contributed by atoms with E-state index in [0.29, 0.717) is 12.3 Å². The second kappa shape index (κ2) is 7.26. The van der Waals surface area contributed by atoms with E-state index in [2.05, 4.69) is 16.9 Å². The van der Waals surface area contributed by atoms with Gasteiger partial charge in [-0.1, -0.05) is 12.1 Å². The fraction of sp³-hybridized carbons (Fsp3) is 0.278. The van der Waals surface area contributed by atoms with Gasteiger partial charge in [-0.3, -0.25) is 15.6 Å². The third-order valence-corrected chi connectivity index (χ3v) is 5.11. The van der Waals surface area contributed by atoms with Crippen LogP contribution in [0.15, 0.2) is 41.8 Å². The summed E-state index contributed by atoms with van der Waals surface area (Å²) in [6.45, 7) is 2.36. The van der Waals surface area contributed by atoms with Gasteiger partial charge in [0, 0.05) is 24.0 Å². The van der Waals surface area contributed by atoms with Crippen molar-refractivity contribution in [3.05, 3.63) is 52.2 Å². The molecular weight excluding hydrogens is 338 g/mol. The Bertz CT molecular complexity index is 770. The molecule has 1 saturated heterocycles. The van der Waals surface area contributed by atoms with Crippen LogP contribution in [0.25, 0.3) is 6.08 Å². The predicted octanol–water partition coefficient (Wildman–Crippen LogP) is 2.00. The van der Waals surface area contributed by atoms with Crippen molar-refractivity contribution in [1.29, 1.82) is 0 Å². The van der Waals surface area contributed by atoms with E-state index < -0.39 is 0 Å². The van der Waals surface area contributed by atoms with Crippen LogP contribution in [-0.2, 0) is 11.3 Å². The molecule has 4 rings (SSSR count). The van der Waals surface area contributed by atoms with E-state index >= 15 is 0 Å². The van der Waals surface area contributed by atoms with Crippen molar-refractivity contribution in [3.63, 3.8) is 0 Å². The zero-order valence-electron chi connectivity index (χ0n) is 13.6. The van der Waals surface area contributed by atoms with Crippen molar-refractivity contribution < 1.29 is 14.3 Å². The van der Waals surface area contributed by atoms with Crippen LogP contribution in [0.4, 0.5) is 0 Å². The van der Waals surface area contributed by atoms with E-state index in [1.54, 1.807) is 17.4 Å². The second-order valence-corrected chi connectivity index (χ2v) is 6.94. The normalized spacial score (nSPS) is 16.6. The van der Waals surface area contributed by atoms with Crippen LogP contribution in [0.1, 0.15) is 10.4 Å². The van der Waals surface area contributed by atoms with Gasteiger partial charge in [-0.05, 0) is 35.2 Å². The molecule has 7 heteroatoms. The van der Waals surface area contributed by atoms with Gasteiger partial charge in [-0.15, -0.1) is 11.3 Å². The van der Waals surface area contributed by atoms with Gasteiger partial charge in [0.15, 0.2) is 11.5 Å². The maximum atomic E-state index is 12.8. The molecule has 0 unspecified atom stereocenters. The molecule has 0 atom stereocenters. The Morgan fingerprint density at radius 3 is 2.88 bits per heavy atom. The van der Waals surface area contributed by atoms with Gasteiger partial charge in [-0.2, -0.15) is 0 Å². The van der Waals surface area contributed by atoms with E-state index in [0.717, 1.165) is 24.4 Å². The van der Waals surface area contributed by atoms with Crippen molar-refractivity contribution in [3.8, 4) is 11.5 Å². The molecule has 2 aromatic rings. The molecule has 0 saturated carbocycles. The van der Waals surface area contributed by atoms with Crippen LogP contribution in [0.3, 0.4) is 0 Å². The van der Waals surface area contributed by atoms with Crippen LogP contribution in [-0.4, -0.2) is 36.7 Å². The highest BCUT2D eigenvalue weighted by molar-refractivity contribution is 7.09. The number of carbonyl (C=O) groups excluding carboxylic acids is 1. The number of nitrogens with one attached hydrogen (secondary N) is 2. The Hall–Kier alpha value is -2.35. The lowest BCUT2D eigenvalue weighted by Crippen LogP contribution is -2.41. The first kappa shape index (κ1) is 16.1. The molecule has 2 N–H and O–H groups in total. The third kappa shape index (κ3) is 3.68. The standard InChI is InChI=1S/C18H19N3O3S/c22-18(6-4-13-3-5-16-17(8-13)24-12-23-16)21(14-9-19-20-10-14)11-15-2-1-7-25-15/h1-8,14,19-20H,9-12H2/b6-4+. The summed E-state index contributed by atoms with van der Waals surface area (Å²) in [6, 6.07) is 9.86. The van der Waals surface area contributed by atoms with Gasteiger partial charge >= 0.3 is 0 Å². The molecular formula is C18H19N3O3S. The number of hydrazine groups is 1. The molecule has 1 amide bonds. The van der Waals surface area contributed by atoms with Crippen LogP contribution in [0.2, 0.25) is 0 Å². The summed E-state index contributed by atoms with van der Waals surface area (Å²) >= 11 is 1.67. The number of rotatable bonds is 5. The molecule has 130 valence electrons. The quantitative estimate of drug-likeness (QED) is 0.802. The van der Waals surface area contributed by atoms with Crippen molar-refractivity contribution in [2.24, 2.45) is 0 Å². The second-order valence-electron chi connectivity index (χ2n) is 5.91. The van der Waals surface area contributed by atoms with E-state index in [9.17, 15) is 4.79 Å². The number of thiophene rings is 1. The van der Waals surface area contributed by atoms with Crippen LogP contribution >= 0.6 is 11.3 Å². The van der Waals surface area contributed by atoms with E-state index in [1.165, 1.54) is 4.88 Å². The fourth-order valence-corrected chi connectivity index (χ4v) is 3.61. The summed E-state index contributed by atoms with van der Waals surface area (Å²) in [4.78, 5) is 15.9. The number of benzene rings is 1. The van der Waals surface area contributed by atoms with E-state index in [1.807, 2.05) is 40.6 Å². The Morgan fingerprint density at radius 2 is 2.08 bits per heavy atom.